The third-order valence-corrected chi connectivity index (χ3v) is 3.01. The minimum Gasteiger partial charge on any atom is -0.497 e. The summed E-state index contributed by atoms with van der Waals surface area (Å²) in [6.07, 6.45) is 0.543. The van der Waals surface area contributed by atoms with Crippen molar-refractivity contribution in [1.82, 2.24) is 0 Å². The minimum absolute atomic E-state index is 0.113. The smallest absolute Gasteiger partial charge is 0.312 e. The van der Waals surface area contributed by atoms with Crippen molar-refractivity contribution in [1.29, 1.82) is 0 Å². The van der Waals surface area contributed by atoms with Crippen molar-refractivity contribution in [2.45, 2.75) is 12.6 Å². The van der Waals surface area contributed by atoms with Crippen LogP contribution in [0.25, 0.3) is 0 Å². The van der Waals surface area contributed by atoms with Gasteiger partial charge in [0.15, 0.2) is 0 Å². The van der Waals surface area contributed by atoms with Crippen LogP contribution in [0, 0.1) is 0 Å². The highest BCUT2D eigenvalue weighted by Gasteiger charge is 2.16. The lowest BCUT2D eigenvalue weighted by Gasteiger charge is -2.13. The van der Waals surface area contributed by atoms with Crippen LogP contribution in [0.15, 0.2) is 59.6 Å². The zero-order valence-corrected chi connectivity index (χ0v) is 12.1. The Balaban J connectivity index is 2.07. The number of isocyanates is 1. The number of ether oxygens (including phenoxy) is 2. The van der Waals surface area contributed by atoms with Crippen LogP contribution in [0.3, 0.4) is 0 Å². The highest BCUT2D eigenvalue weighted by atomic mass is 16.6. The molecule has 1 atom stereocenters. The Hall–Kier alpha value is -2.91. The van der Waals surface area contributed by atoms with Gasteiger partial charge in [-0.05, 0) is 29.8 Å². The third kappa shape index (κ3) is 4.30. The molecule has 0 bridgehead atoms. The van der Waals surface area contributed by atoms with Gasteiger partial charge in [-0.15, -0.1) is 0 Å². The minimum atomic E-state index is -1.00. The quantitative estimate of drug-likeness (QED) is 0.467. The van der Waals surface area contributed by atoms with Gasteiger partial charge in [-0.3, -0.25) is 4.79 Å². The predicted molar refractivity (Wildman–Crippen MR) is 80.1 cm³/mol. The van der Waals surface area contributed by atoms with E-state index in [1.165, 1.54) is 6.08 Å². The van der Waals surface area contributed by atoms with Crippen molar-refractivity contribution in [3.05, 3.63) is 65.7 Å². The first kappa shape index (κ1) is 15.5. The molecule has 2 rings (SSSR count). The molecule has 0 heterocycles. The molecule has 0 aliphatic heterocycles. The van der Waals surface area contributed by atoms with E-state index in [4.69, 9.17) is 9.47 Å². The molecule has 0 aliphatic carbocycles. The third-order valence-electron chi connectivity index (χ3n) is 3.01. The van der Waals surface area contributed by atoms with Crippen molar-refractivity contribution < 1.29 is 19.1 Å². The van der Waals surface area contributed by atoms with Gasteiger partial charge in [0.1, 0.15) is 5.75 Å². The maximum Gasteiger partial charge on any atom is 0.312 e. The SMILES string of the molecule is COc1ccc(C(N=C=O)OC(=O)Cc2ccccc2)cc1. The molecule has 0 N–H and O–H groups in total. The number of carbonyl (C=O) groups excluding carboxylic acids is 2. The standard InChI is InChI=1S/C17H15NO4/c1-21-15-9-7-14(8-10-15)17(18-12-19)22-16(20)11-13-5-3-2-4-6-13/h2-10,17H,11H2,1H3. The lowest BCUT2D eigenvalue weighted by atomic mass is 10.1. The number of carbonyl (C=O) groups is 1. The molecule has 2 aromatic rings. The summed E-state index contributed by atoms with van der Waals surface area (Å²) in [5.41, 5.74) is 1.40. The number of rotatable bonds is 6. The second-order valence-corrected chi connectivity index (χ2v) is 4.50. The predicted octanol–water partition coefficient (Wildman–Crippen LogP) is 2.82. The summed E-state index contributed by atoms with van der Waals surface area (Å²) in [7, 11) is 1.55. The summed E-state index contributed by atoms with van der Waals surface area (Å²) in [5, 5.41) is 0. The van der Waals surface area contributed by atoms with Gasteiger partial charge < -0.3 is 9.47 Å². The molecule has 112 valence electrons. The zero-order chi connectivity index (χ0) is 15.8. The Morgan fingerprint density at radius 1 is 1.14 bits per heavy atom. The molecule has 0 saturated heterocycles. The molecule has 0 aromatic heterocycles. The van der Waals surface area contributed by atoms with Crippen molar-refractivity contribution in [3.8, 4) is 5.75 Å². The van der Waals surface area contributed by atoms with E-state index in [0.29, 0.717) is 11.3 Å². The van der Waals surface area contributed by atoms with Crippen LogP contribution < -0.4 is 4.74 Å². The Kier molecular flexibility index (Phi) is 5.46. The Labute approximate surface area is 128 Å². The lowest BCUT2D eigenvalue weighted by molar-refractivity contribution is -0.148. The first-order valence-electron chi connectivity index (χ1n) is 6.67. The van der Waals surface area contributed by atoms with Crippen LogP contribution in [0.5, 0.6) is 5.75 Å². The molecule has 0 spiro atoms. The van der Waals surface area contributed by atoms with Gasteiger partial charge in [0, 0.05) is 5.56 Å². The van der Waals surface area contributed by atoms with Crippen molar-refractivity contribution in [3.63, 3.8) is 0 Å². The van der Waals surface area contributed by atoms with E-state index in [1.54, 1.807) is 31.4 Å². The molecule has 0 radical (unpaired) electrons. The van der Waals surface area contributed by atoms with E-state index in [0.717, 1.165) is 5.56 Å². The number of hydrogen-bond donors (Lipinski definition) is 0. The molecule has 2 aromatic carbocycles. The van der Waals surface area contributed by atoms with Gasteiger partial charge in [0.05, 0.1) is 13.5 Å². The summed E-state index contributed by atoms with van der Waals surface area (Å²) in [6.45, 7) is 0. The van der Waals surface area contributed by atoms with Gasteiger partial charge in [0.25, 0.3) is 0 Å². The fourth-order valence-corrected chi connectivity index (χ4v) is 1.91. The summed E-state index contributed by atoms with van der Waals surface area (Å²) in [6, 6.07) is 16.0. The lowest BCUT2D eigenvalue weighted by Crippen LogP contribution is -2.12. The first-order valence-corrected chi connectivity index (χ1v) is 6.67. The zero-order valence-electron chi connectivity index (χ0n) is 12.1. The topological polar surface area (TPSA) is 65.0 Å². The van der Waals surface area contributed by atoms with Crippen molar-refractivity contribution in [2.75, 3.05) is 7.11 Å². The molecule has 1 unspecified atom stereocenters. The summed E-state index contributed by atoms with van der Waals surface area (Å²) in [5.74, 6) is 0.194. The van der Waals surface area contributed by atoms with Crippen LogP contribution in [0.4, 0.5) is 0 Å². The fraction of sp³-hybridized carbons (Fsp3) is 0.176. The number of nitrogens with zero attached hydrogens (tertiary/aromatic N) is 1. The molecule has 0 aliphatic rings. The Bertz CT molecular complexity index is 661. The molecular weight excluding hydrogens is 282 g/mol. The van der Waals surface area contributed by atoms with Crippen molar-refractivity contribution in [2.24, 2.45) is 4.99 Å². The van der Waals surface area contributed by atoms with E-state index in [1.807, 2.05) is 30.3 Å². The van der Waals surface area contributed by atoms with Crippen LogP contribution >= 0.6 is 0 Å². The van der Waals surface area contributed by atoms with E-state index in [-0.39, 0.29) is 6.42 Å². The Morgan fingerprint density at radius 2 is 1.82 bits per heavy atom. The second-order valence-electron chi connectivity index (χ2n) is 4.50. The number of benzene rings is 2. The average molecular weight is 297 g/mol. The van der Waals surface area contributed by atoms with E-state index >= 15 is 0 Å². The van der Waals surface area contributed by atoms with Gasteiger partial charge in [-0.1, -0.05) is 30.3 Å². The Morgan fingerprint density at radius 3 is 2.41 bits per heavy atom. The van der Waals surface area contributed by atoms with E-state index in [2.05, 4.69) is 4.99 Å². The molecule has 0 saturated carbocycles. The molecule has 22 heavy (non-hydrogen) atoms. The molecule has 0 amide bonds. The molecule has 5 nitrogen and oxygen atoms in total. The maximum absolute atomic E-state index is 12.0. The maximum atomic E-state index is 12.0. The normalized spacial score (nSPS) is 11.1. The van der Waals surface area contributed by atoms with Crippen LogP contribution in [0.2, 0.25) is 0 Å². The highest BCUT2D eigenvalue weighted by molar-refractivity contribution is 5.72. The van der Waals surface area contributed by atoms with E-state index < -0.39 is 12.2 Å². The largest absolute Gasteiger partial charge is 0.497 e. The van der Waals surface area contributed by atoms with Crippen LogP contribution in [-0.4, -0.2) is 19.2 Å². The van der Waals surface area contributed by atoms with Crippen LogP contribution in [-0.2, 0) is 20.7 Å². The second kappa shape index (κ2) is 7.76. The summed E-state index contributed by atoms with van der Waals surface area (Å²) in [4.78, 5) is 26.0. The van der Waals surface area contributed by atoms with Gasteiger partial charge >= 0.3 is 5.97 Å². The fourth-order valence-electron chi connectivity index (χ4n) is 1.91. The number of aliphatic imine (C=N–C) groups is 1. The first-order chi connectivity index (χ1) is 10.7. The molecule has 5 heteroatoms. The molecular formula is C17H15NO4. The van der Waals surface area contributed by atoms with Crippen molar-refractivity contribution >= 4 is 12.0 Å². The van der Waals surface area contributed by atoms with Crippen LogP contribution in [0.1, 0.15) is 17.4 Å². The van der Waals surface area contributed by atoms with Gasteiger partial charge in [-0.2, -0.15) is 4.99 Å². The van der Waals surface area contributed by atoms with E-state index in [9.17, 15) is 9.59 Å². The average Bonchev–Trinajstić information content (AvgIpc) is 2.55. The number of hydrogen-bond acceptors (Lipinski definition) is 5. The van der Waals surface area contributed by atoms with Gasteiger partial charge in [-0.25, -0.2) is 4.79 Å². The number of esters is 1. The molecule has 0 fully saturated rings. The van der Waals surface area contributed by atoms with Gasteiger partial charge in [0.2, 0.25) is 12.3 Å². The summed E-state index contributed by atoms with van der Waals surface area (Å²) >= 11 is 0. The number of methoxy groups -OCH3 is 1. The highest BCUT2D eigenvalue weighted by Crippen LogP contribution is 2.22. The summed E-state index contributed by atoms with van der Waals surface area (Å²) < 4.78 is 10.3. The monoisotopic (exact) mass is 297 g/mol.